The van der Waals surface area contributed by atoms with Crippen LogP contribution in [0.3, 0.4) is 0 Å². The molecule has 0 radical (unpaired) electrons. The monoisotopic (exact) mass is 386 g/mol. The first kappa shape index (κ1) is 24.6. The quantitative estimate of drug-likeness (QED) is 0.278. The molecule has 0 spiro atoms. The number of unbranched alkanes of at least 4 members (excludes halogenated alkanes) is 10. The lowest BCUT2D eigenvalue weighted by Crippen LogP contribution is -2.55. The maximum Gasteiger partial charge on any atom is 0.111 e. The van der Waals surface area contributed by atoms with E-state index in [1.165, 1.54) is 64.2 Å². The van der Waals surface area contributed by atoms with Gasteiger partial charge in [0.25, 0.3) is 0 Å². The van der Waals surface area contributed by atoms with Crippen LogP contribution in [0.1, 0.15) is 84.0 Å². The Balaban J connectivity index is 1.88. The molecule has 0 aromatic heterocycles. The van der Waals surface area contributed by atoms with Crippen molar-refractivity contribution in [3.63, 3.8) is 0 Å². The first-order valence-corrected chi connectivity index (χ1v) is 11.1. The van der Waals surface area contributed by atoms with Crippen LogP contribution in [0, 0.1) is 0 Å². The van der Waals surface area contributed by atoms with E-state index in [1.807, 2.05) is 0 Å². The Labute approximate surface area is 165 Å². The van der Waals surface area contributed by atoms with Crippen LogP contribution < -0.4 is 0 Å². The van der Waals surface area contributed by atoms with E-state index in [9.17, 15) is 10.2 Å². The van der Waals surface area contributed by atoms with Gasteiger partial charge in [0.15, 0.2) is 0 Å². The molecule has 160 valence electrons. The van der Waals surface area contributed by atoms with Gasteiger partial charge in [0.05, 0.1) is 13.2 Å². The predicted octanol–water partition coefficient (Wildman–Crippen LogP) is 3.74. The van der Waals surface area contributed by atoms with Gasteiger partial charge in [-0.05, 0) is 32.1 Å². The van der Waals surface area contributed by atoms with Gasteiger partial charge in [0.1, 0.15) is 24.4 Å². The van der Waals surface area contributed by atoms with E-state index in [4.69, 9.17) is 14.6 Å². The highest BCUT2D eigenvalue weighted by Crippen LogP contribution is 2.18. The van der Waals surface area contributed by atoms with Crippen molar-refractivity contribution in [2.45, 2.75) is 108 Å². The standard InChI is InChI=1S/C22H42O5/c1-2-3-4-5-6-7-8-9-10-11-12-13-14-15-16-26-20-18-27-19(17-23)21(24)22(20)25/h8-9,19-25H,2-7,10-18H2,1H3/b9-8+/t19-,20+,21-,22-/m1/s1. The lowest BCUT2D eigenvalue weighted by atomic mass is 10.0. The third kappa shape index (κ3) is 11.2. The minimum atomic E-state index is -1.09. The second-order valence-electron chi connectivity index (χ2n) is 7.68. The van der Waals surface area contributed by atoms with Crippen molar-refractivity contribution in [1.29, 1.82) is 0 Å². The van der Waals surface area contributed by atoms with Crippen molar-refractivity contribution < 1.29 is 24.8 Å². The number of allylic oxidation sites excluding steroid dienone is 2. The largest absolute Gasteiger partial charge is 0.394 e. The molecule has 0 aliphatic carbocycles. The van der Waals surface area contributed by atoms with Gasteiger partial charge < -0.3 is 24.8 Å². The Hall–Kier alpha value is -0.460. The zero-order valence-electron chi connectivity index (χ0n) is 17.2. The summed E-state index contributed by atoms with van der Waals surface area (Å²) in [7, 11) is 0. The molecule has 5 nitrogen and oxygen atoms in total. The summed E-state index contributed by atoms with van der Waals surface area (Å²) in [6, 6.07) is 0. The maximum atomic E-state index is 9.98. The van der Waals surface area contributed by atoms with Crippen LogP contribution >= 0.6 is 0 Å². The van der Waals surface area contributed by atoms with Crippen LogP contribution in [0.25, 0.3) is 0 Å². The lowest BCUT2D eigenvalue weighted by molar-refractivity contribution is -0.208. The average Bonchev–Trinajstić information content (AvgIpc) is 2.68. The van der Waals surface area contributed by atoms with Crippen LogP contribution in [-0.2, 0) is 9.47 Å². The summed E-state index contributed by atoms with van der Waals surface area (Å²) in [5, 5.41) is 28.8. The van der Waals surface area contributed by atoms with Crippen molar-refractivity contribution in [1.82, 2.24) is 0 Å². The Morgan fingerprint density at radius 2 is 1.44 bits per heavy atom. The fourth-order valence-corrected chi connectivity index (χ4v) is 3.39. The van der Waals surface area contributed by atoms with Crippen molar-refractivity contribution in [2.24, 2.45) is 0 Å². The molecule has 1 rings (SSSR count). The first-order valence-electron chi connectivity index (χ1n) is 11.1. The summed E-state index contributed by atoms with van der Waals surface area (Å²) >= 11 is 0. The van der Waals surface area contributed by atoms with Gasteiger partial charge in [-0.1, -0.05) is 64.0 Å². The summed E-state index contributed by atoms with van der Waals surface area (Å²) < 4.78 is 10.9. The van der Waals surface area contributed by atoms with Gasteiger partial charge in [-0.3, -0.25) is 0 Å². The van der Waals surface area contributed by atoms with Crippen LogP contribution in [0.2, 0.25) is 0 Å². The smallest absolute Gasteiger partial charge is 0.111 e. The van der Waals surface area contributed by atoms with E-state index < -0.39 is 24.4 Å². The van der Waals surface area contributed by atoms with Gasteiger partial charge >= 0.3 is 0 Å². The Morgan fingerprint density at radius 1 is 0.852 bits per heavy atom. The van der Waals surface area contributed by atoms with Crippen molar-refractivity contribution >= 4 is 0 Å². The number of hydrogen-bond acceptors (Lipinski definition) is 5. The molecule has 0 saturated carbocycles. The Kier molecular flexibility index (Phi) is 15.0. The molecule has 1 aliphatic heterocycles. The molecule has 27 heavy (non-hydrogen) atoms. The van der Waals surface area contributed by atoms with E-state index in [0.29, 0.717) is 6.61 Å². The Bertz CT molecular complexity index is 361. The number of ether oxygens (including phenoxy) is 2. The normalized spacial score (nSPS) is 26.1. The number of aliphatic hydroxyl groups is 3. The molecule has 1 fully saturated rings. The molecule has 1 aliphatic rings. The summed E-state index contributed by atoms with van der Waals surface area (Å²) in [6.07, 6.45) is 16.3. The van der Waals surface area contributed by atoms with Crippen LogP contribution in [-0.4, -0.2) is 59.6 Å². The summed E-state index contributed by atoms with van der Waals surface area (Å²) in [4.78, 5) is 0. The molecule has 0 bridgehead atoms. The van der Waals surface area contributed by atoms with E-state index in [-0.39, 0.29) is 13.2 Å². The zero-order valence-corrected chi connectivity index (χ0v) is 17.2. The van der Waals surface area contributed by atoms with Crippen molar-refractivity contribution in [2.75, 3.05) is 19.8 Å². The van der Waals surface area contributed by atoms with Gasteiger partial charge in [0, 0.05) is 6.61 Å². The lowest BCUT2D eigenvalue weighted by Gasteiger charge is -2.36. The summed E-state index contributed by atoms with van der Waals surface area (Å²) in [6.45, 7) is 2.75. The molecule has 5 heteroatoms. The fraction of sp³-hybridized carbons (Fsp3) is 0.909. The summed E-state index contributed by atoms with van der Waals surface area (Å²) in [5.74, 6) is 0. The highest BCUT2D eigenvalue weighted by Gasteiger charge is 2.38. The van der Waals surface area contributed by atoms with Gasteiger partial charge in [0.2, 0.25) is 0 Å². The second kappa shape index (κ2) is 16.5. The van der Waals surface area contributed by atoms with E-state index in [2.05, 4.69) is 19.1 Å². The van der Waals surface area contributed by atoms with Crippen molar-refractivity contribution in [3.8, 4) is 0 Å². The molecule has 1 heterocycles. The van der Waals surface area contributed by atoms with Gasteiger partial charge in [-0.25, -0.2) is 0 Å². The van der Waals surface area contributed by atoms with Crippen LogP contribution in [0.4, 0.5) is 0 Å². The zero-order chi connectivity index (χ0) is 19.7. The molecular formula is C22H42O5. The molecule has 0 aromatic carbocycles. The third-order valence-corrected chi connectivity index (χ3v) is 5.25. The second-order valence-corrected chi connectivity index (χ2v) is 7.68. The minimum Gasteiger partial charge on any atom is -0.394 e. The molecule has 0 amide bonds. The predicted molar refractivity (Wildman–Crippen MR) is 109 cm³/mol. The van der Waals surface area contributed by atoms with Crippen LogP contribution in [0.5, 0.6) is 0 Å². The molecule has 0 unspecified atom stereocenters. The number of aliphatic hydroxyl groups excluding tert-OH is 3. The first-order chi connectivity index (χ1) is 13.2. The number of hydrogen-bond donors (Lipinski definition) is 3. The van der Waals surface area contributed by atoms with Gasteiger partial charge in [-0.2, -0.15) is 0 Å². The minimum absolute atomic E-state index is 0.217. The van der Waals surface area contributed by atoms with Crippen LogP contribution in [0.15, 0.2) is 12.2 Å². The number of rotatable bonds is 16. The highest BCUT2D eigenvalue weighted by atomic mass is 16.6. The van der Waals surface area contributed by atoms with E-state index in [1.54, 1.807) is 0 Å². The van der Waals surface area contributed by atoms with E-state index >= 15 is 0 Å². The molecule has 1 saturated heterocycles. The topological polar surface area (TPSA) is 79.2 Å². The summed E-state index contributed by atoms with van der Waals surface area (Å²) in [5.41, 5.74) is 0. The highest BCUT2D eigenvalue weighted by molar-refractivity contribution is 4.87. The van der Waals surface area contributed by atoms with E-state index in [0.717, 1.165) is 12.8 Å². The Morgan fingerprint density at radius 3 is 2.07 bits per heavy atom. The fourth-order valence-electron chi connectivity index (χ4n) is 3.39. The molecule has 3 N–H and O–H groups in total. The van der Waals surface area contributed by atoms with Crippen molar-refractivity contribution in [3.05, 3.63) is 12.2 Å². The third-order valence-electron chi connectivity index (χ3n) is 5.25. The molecular weight excluding hydrogens is 344 g/mol. The molecule has 4 atom stereocenters. The average molecular weight is 387 g/mol. The SMILES string of the molecule is CCCCCCC/C=C/CCCCCCCO[C@H]1CO[C@H](CO)[C@@H](O)[C@@H]1O. The van der Waals surface area contributed by atoms with Gasteiger partial charge in [-0.15, -0.1) is 0 Å². The molecule has 0 aromatic rings. The maximum absolute atomic E-state index is 9.98.